The average molecular weight is 188 g/mol. The minimum absolute atomic E-state index is 0.224. The van der Waals surface area contributed by atoms with E-state index in [-0.39, 0.29) is 6.04 Å². The summed E-state index contributed by atoms with van der Waals surface area (Å²) in [5, 5.41) is 8.85. The number of hydrogen-bond acceptors (Lipinski definition) is 2. The summed E-state index contributed by atoms with van der Waals surface area (Å²) in [5.74, 6) is 0. The van der Waals surface area contributed by atoms with Crippen molar-refractivity contribution in [2.24, 2.45) is 5.73 Å². The van der Waals surface area contributed by atoms with E-state index in [1.807, 2.05) is 26.0 Å². The first-order chi connectivity index (χ1) is 6.63. The predicted octanol–water partition coefficient (Wildman–Crippen LogP) is 2.15. The van der Waals surface area contributed by atoms with Crippen LogP contribution in [0.15, 0.2) is 18.2 Å². The Labute approximate surface area is 85.4 Å². The first-order valence-electron chi connectivity index (χ1n) is 4.88. The van der Waals surface area contributed by atoms with E-state index in [1.54, 1.807) is 0 Å². The standard InChI is InChI=1S/C12H16N2/c1-9-3-5-11(6-4-10(2)14)7-12(9)8-13/h3,5,7,10H,4,6,14H2,1-2H3/t10-/m0/s1. The molecule has 0 aliphatic carbocycles. The minimum Gasteiger partial charge on any atom is -0.328 e. The Kier molecular flexibility index (Phi) is 3.67. The zero-order valence-electron chi connectivity index (χ0n) is 8.75. The van der Waals surface area contributed by atoms with Gasteiger partial charge in [0.2, 0.25) is 0 Å². The molecule has 2 N–H and O–H groups in total. The van der Waals surface area contributed by atoms with Crippen LogP contribution in [-0.2, 0) is 6.42 Å². The number of benzene rings is 1. The fourth-order valence-corrected chi connectivity index (χ4v) is 1.34. The molecule has 74 valence electrons. The molecular formula is C12H16N2. The number of rotatable bonds is 3. The Hall–Kier alpha value is -1.33. The van der Waals surface area contributed by atoms with Crippen LogP contribution in [0.25, 0.3) is 0 Å². The Bertz CT molecular complexity index is 348. The fourth-order valence-electron chi connectivity index (χ4n) is 1.34. The SMILES string of the molecule is Cc1ccc(CC[C@H](C)N)cc1C#N. The lowest BCUT2D eigenvalue weighted by molar-refractivity contribution is 0.666. The van der Waals surface area contributed by atoms with Crippen LogP contribution in [0, 0.1) is 18.3 Å². The average Bonchev–Trinajstić information content (AvgIpc) is 2.16. The predicted molar refractivity (Wildman–Crippen MR) is 57.9 cm³/mol. The molecular weight excluding hydrogens is 172 g/mol. The second kappa shape index (κ2) is 4.78. The van der Waals surface area contributed by atoms with E-state index in [4.69, 9.17) is 11.0 Å². The second-order valence-corrected chi connectivity index (χ2v) is 3.78. The maximum absolute atomic E-state index is 8.85. The molecule has 0 spiro atoms. The number of hydrogen-bond donors (Lipinski definition) is 1. The number of nitrogens with zero attached hydrogens (tertiary/aromatic N) is 1. The Balaban J connectivity index is 2.76. The van der Waals surface area contributed by atoms with Crippen LogP contribution in [-0.4, -0.2) is 6.04 Å². The molecule has 0 unspecified atom stereocenters. The van der Waals surface area contributed by atoms with Gasteiger partial charge in [0.25, 0.3) is 0 Å². The molecule has 0 aliphatic rings. The van der Waals surface area contributed by atoms with Crippen molar-refractivity contribution in [3.8, 4) is 6.07 Å². The van der Waals surface area contributed by atoms with Crippen LogP contribution < -0.4 is 5.73 Å². The molecule has 2 nitrogen and oxygen atoms in total. The topological polar surface area (TPSA) is 49.8 Å². The van der Waals surface area contributed by atoms with E-state index in [2.05, 4.69) is 12.1 Å². The highest BCUT2D eigenvalue weighted by Gasteiger charge is 2.00. The largest absolute Gasteiger partial charge is 0.328 e. The van der Waals surface area contributed by atoms with Crippen molar-refractivity contribution in [2.45, 2.75) is 32.7 Å². The summed E-state index contributed by atoms with van der Waals surface area (Å²) >= 11 is 0. The lowest BCUT2D eigenvalue weighted by Gasteiger charge is -2.06. The molecule has 1 aromatic rings. The first-order valence-corrected chi connectivity index (χ1v) is 4.88. The van der Waals surface area contributed by atoms with Crippen molar-refractivity contribution in [1.29, 1.82) is 5.26 Å². The third-order valence-electron chi connectivity index (χ3n) is 2.31. The van der Waals surface area contributed by atoms with Crippen LogP contribution in [0.5, 0.6) is 0 Å². The molecule has 0 aromatic heterocycles. The van der Waals surface area contributed by atoms with Crippen molar-refractivity contribution in [2.75, 3.05) is 0 Å². The highest BCUT2D eigenvalue weighted by molar-refractivity contribution is 5.39. The van der Waals surface area contributed by atoms with Crippen molar-refractivity contribution in [1.82, 2.24) is 0 Å². The zero-order valence-corrected chi connectivity index (χ0v) is 8.75. The monoisotopic (exact) mass is 188 g/mol. The van der Waals surface area contributed by atoms with E-state index in [0.29, 0.717) is 0 Å². The molecule has 14 heavy (non-hydrogen) atoms. The van der Waals surface area contributed by atoms with Crippen molar-refractivity contribution < 1.29 is 0 Å². The highest BCUT2D eigenvalue weighted by Crippen LogP contribution is 2.12. The minimum atomic E-state index is 0.224. The molecule has 0 bridgehead atoms. The van der Waals surface area contributed by atoms with Gasteiger partial charge in [-0.05, 0) is 43.9 Å². The van der Waals surface area contributed by atoms with Gasteiger partial charge in [-0.2, -0.15) is 5.26 Å². The van der Waals surface area contributed by atoms with Crippen LogP contribution >= 0.6 is 0 Å². The second-order valence-electron chi connectivity index (χ2n) is 3.78. The normalized spacial score (nSPS) is 12.1. The summed E-state index contributed by atoms with van der Waals surface area (Å²) in [6, 6.07) is 8.44. The molecule has 0 saturated carbocycles. The molecule has 0 aliphatic heterocycles. The first kappa shape index (κ1) is 10.7. The van der Waals surface area contributed by atoms with Gasteiger partial charge in [0.05, 0.1) is 11.6 Å². The van der Waals surface area contributed by atoms with Gasteiger partial charge < -0.3 is 5.73 Å². The Morgan fingerprint density at radius 1 is 1.50 bits per heavy atom. The Morgan fingerprint density at radius 3 is 2.79 bits per heavy atom. The smallest absolute Gasteiger partial charge is 0.0994 e. The molecule has 0 saturated heterocycles. The summed E-state index contributed by atoms with van der Waals surface area (Å²) in [4.78, 5) is 0. The lowest BCUT2D eigenvalue weighted by Crippen LogP contribution is -2.15. The fraction of sp³-hybridized carbons (Fsp3) is 0.417. The van der Waals surface area contributed by atoms with Crippen molar-refractivity contribution in [3.63, 3.8) is 0 Å². The molecule has 1 rings (SSSR count). The zero-order chi connectivity index (χ0) is 10.6. The maximum Gasteiger partial charge on any atom is 0.0994 e. The molecule has 2 heteroatoms. The van der Waals surface area contributed by atoms with Gasteiger partial charge in [-0.3, -0.25) is 0 Å². The van der Waals surface area contributed by atoms with E-state index in [1.165, 1.54) is 5.56 Å². The molecule has 0 heterocycles. The summed E-state index contributed by atoms with van der Waals surface area (Å²) in [6.45, 7) is 3.95. The molecule has 1 aromatic carbocycles. The summed E-state index contributed by atoms with van der Waals surface area (Å²) < 4.78 is 0. The van der Waals surface area contributed by atoms with Crippen LogP contribution in [0.2, 0.25) is 0 Å². The lowest BCUT2D eigenvalue weighted by atomic mass is 10.0. The van der Waals surface area contributed by atoms with Gasteiger partial charge in [-0.1, -0.05) is 12.1 Å². The number of nitrogens with two attached hydrogens (primary N) is 1. The Morgan fingerprint density at radius 2 is 2.21 bits per heavy atom. The molecule has 0 fully saturated rings. The summed E-state index contributed by atoms with van der Waals surface area (Å²) in [6.07, 6.45) is 1.92. The van der Waals surface area contributed by atoms with Gasteiger partial charge in [-0.15, -0.1) is 0 Å². The van der Waals surface area contributed by atoms with Gasteiger partial charge in [0, 0.05) is 6.04 Å². The summed E-state index contributed by atoms with van der Waals surface area (Å²) in [7, 11) is 0. The van der Waals surface area contributed by atoms with E-state index in [9.17, 15) is 0 Å². The third kappa shape index (κ3) is 2.86. The van der Waals surface area contributed by atoms with E-state index >= 15 is 0 Å². The molecule has 0 amide bonds. The molecule has 1 atom stereocenters. The van der Waals surface area contributed by atoms with Crippen LogP contribution in [0.1, 0.15) is 30.0 Å². The van der Waals surface area contributed by atoms with Gasteiger partial charge in [0.15, 0.2) is 0 Å². The highest BCUT2D eigenvalue weighted by atomic mass is 14.6. The third-order valence-corrected chi connectivity index (χ3v) is 2.31. The van der Waals surface area contributed by atoms with E-state index < -0.39 is 0 Å². The van der Waals surface area contributed by atoms with Crippen LogP contribution in [0.3, 0.4) is 0 Å². The number of nitriles is 1. The van der Waals surface area contributed by atoms with Crippen molar-refractivity contribution in [3.05, 3.63) is 34.9 Å². The quantitative estimate of drug-likeness (QED) is 0.790. The summed E-state index contributed by atoms with van der Waals surface area (Å²) in [5.41, 5.74) is 8.68. The van der Waals surface area contributed by atoms with E-state index in [0.717, 1.165) is 24.0 Å². The van der Waals surface area contributed by atoms with Gasteiger partial charge >= 0.3 is 0 Å². The van der Waals surface area contributed by atoms with Crippen molar-refractivity contribution >= 4 is 0 Å². The number of aryl methyl sites for hydroxylation is 2. The van der Waals surface area contributed by atoms with Gasteiger partial charge in [-0.25, -0.2) is 0 Å². The molecule has 0 radical (unpaired) electrons. The van der Waals surface area contributed by atoms with Crippen LogP contribution in [0.4, 0.5) is 0 Å². The maximum atomic E-state index is 8.85. The van der Waals surface area contributed by atoms with Gasteiger partial charge in [0.1, 0.15) is 0 Å².